The molecule has 3 aromatic rings. The minimum Gasteiger partial charge on any atom is -0.494 e. The fraction of sp³-hybridized carbons (Fsp3) is 0.400. The van der Waals surface area contributed by atoms with Gasteiger partial charge in [0, 0.05) is 16.8 Å². The van der Waals surface area contributed by atoms with Gasteiger partial charge in [-0.2, -0.15) is 0 Å². The summed E-state index contributed by atoms with van der Waals surface area (Å²) >= 11 is 0. The van der Waals surface area contributed by atoms with Gasteiger partial charge in [-0.3, -0.25) is 4.79 Å². The van der Waals surface area contributed by atoms with Crippen LogP contribution in [0.4, 0.5) is 4.39 Å². The maximum atomic E-state index is 13.9. The Balaban J connectivity index is 1.91. The normalized spacial score (nSPS) is 13.6. The molecular weight excluding hydrogens is 381 g/mol. The minimum absolute atomic E-state index is 0.213. The van der Waals surface area contributed by atoms with Gasteiger partial charge in [0.05, 0.1) is 25.7 Å². The number of carbonyl (C=O) groups excluding carboxylic acids is 1. The highest BCUT2D eigenvalue weighted by Crippen LogP contribution is 2.47. The molecule has 0 N–H and O–H groups in total. The molecule has 0 aliphatic heterocycles. The molecule has 2 aromatic carbocycles. The van der Waals surface area contributed by atoms with Crippen molar-refractivity contribution < 1.29 is 18.7 Å². The molecule has 1 aromatic heterocycles. The maximum Gasteiger partial charge on any atom is 0.310 e. The van der Waals surface area contributed by atoms with Crippen LogP contribution in [0.5, 0.6) is 5.75 Å². The highest BCUT2D eigenvalue weighted by molar-refractivity contribution is 5.92. The number of methoxy groups -OCH3 is 1. The molecule has 1 saturated carbocycles. The lowest BCUT2D eigenvalue weighted by molar-refractivity contribution is -0.139. The van der Waals surface area contributed by atoms with E-state index in [0.717, 1.165) is 59.3 Å². The van der Waals surface area contributed by atoms with Crippen LogP contribution in [-0.2, 0) is 16.0 Å². The first-order chi connectivity index (χ1) is 14.5. The molecule has 0 unspecified atom stereocenters. The second-order valence-corrected chi connectivity index (χ2v) is 8.04. The zero-order chi connectivity index (χ0) is 21.3. The van der Waals surface area contributed by atoms with E-state index < -0.39 is 0 Å². The molecule has 1 aliphatic carbocycles. The van der Waals surface area contributed by atoms with Gasteiger partial charge in [0.25, 0.3) is 0 Å². The number of carbonyl (C=O) groups is 1. The number of hydrogen-bond donors (Lipinski definition) is 0. The van der Waals surface area contributed by atoms with E-state index in [4.69, 9.17) is 9.47 Å². The molecule has 1 heterocycles. The van der Waals surface area contributed by atoms with Crippen LogP contribution in [0.1, 0.15) is 55.3 Å². The third kappa shape index (κ3) is 3.93. The number of ether oxygens (including phenoxy) is 2. The second-order valence-electron chi connectivity index (χ2n) is 8.04. The largest absolute Gasteiger partial charge is 0.494 e. The first kappa shape index (κ1) is 20.5. The molecular formula is C25H28FNO3. The van der Waals surface area contributed by atoms with Crippen LogP contribution in [0.15, 0.2) is 36.4 Å². The van der Waals surface area contributed by atoms with Crippen molar-refractivity contribution in [1.29, 1.82) is 0 Å². The van der Waals surface area contributed by atoms with E-state index in [9.17, 15) is 9.18 Å². The maximum absolute atomic E-state index is 13.9. The molecule has 5 heteroatoms. The Morgan fingerprint density at radius 2 is 2.00 bits per heavy atom. The van der Waals surface area contributed by atoms with Gasteiger partial charge in [-0.25, -0.2) is 4.39 Å². The van der Waals surface area contributed by atoms with E-state index in [2.05, 4.69) is 11.5 Å². The first-order valence-corrected chi connectivity index (χ1v) is 10.7. The molecule has 1 fully saturated rings. The van der Waals surface area contributed by atoms with Crippen molar-refractivity contribution in [2.45, 2.75) is 51.9 Å². The number of benzene rings is 2. The molecule has 0 radical (unpaired) electrons. The lowest BCUT2D eigenvalue weighted by atomic mass is 10.0. The second kappa shape index (κ2) is 8.50. The summed E-state index contributed by atoms with van der Waals surface area (Å²) in [5, 5.41) is 0.998. The smallest absolute Gasteiger partial charge is 0.310 e. The molecule has 158 valence electrons. The molecule has 0 spiro atoms. The Bertz CT molecular complexity index is 1080. The lowest BCUT2D eigenvalue weighted by Crippen LogP contribution is -2.08. The molecule has 0 saturated heterocycles. The van der Waals surface area contributed by atoms with Gasteiger partial charge in [0.15, 0.2) is 0 Å². The van der Waals surface area contributed by atoms with E-state index in [1.807, 2.05) is 24.3 Å². The average molecular weight is 410 g/mol. The van der Waals surface area contributed by atoms with Gasteiger partial charge in [0.2, 0.25) is 0 Å². The molecule has 0 bridgehead atoms. The summed E-state index contributed by atoms with van der Waals surface area (Å²) in [7, 11) is 1.42. The van der Waals surface area contributed by atoms with Crippen molar-refractivity contribution in [1.82, 2.24) is 4.57 Å². The number of aromatic nitrogens is 1. The van der Waals surface area contributed by atoms with E-state index in [1.54, 1.807) is 13.0 Å². The number of fused-ring (bicyclic) bond motifs is 1. The Labute approximate surface area is 176 Å². The molecule has 30 heavy (non-hydrogen) atoms. The summed E-state index contributed by atoms with van der Waals surface area (Å²) in [4.78, 5) is 12.2. The molecule has 0 atom stereocenters. The Hall–Kier alpha value is -2.82. The summed E-state index contributed by atoms with van der Waals surface area (Å²) in [6.45, 7) is 4.58. The van der Waals surface area contributed by atoms with Crippen molar-refractivity contribution in [2.75, 3.05) is 13.7 Å². The quantitative estimate of drug-likeness (QED) is 0.346. The van der Waals surface area contributed by atoms with Crippen molar-refractivity contribution >= 4 is 16.9 Å². The van der Waals surface area contributed by atoms with E-state index >= 15 is 0 Å². The van der Waals surface area contributed by atoms with Crippen LogP contribution in [0.2, 0.25) is 0 Å². The van der Waals surface area contributed by atoms with Crippen LogP contribution >= 0.6 is 0 Å². The van der Waals surface area contributed by atoms with E-state index in [0.29, 0.717) is 18.1 Å². The number of hydrogen-bond acceptors (Lipinski definition) is 3. The van der Waals surface area contributed by atoms with E-state index in [-0.39, 0.29) is 18.2 Å². The van der Waals surface area contributed by atoms with Crippen molar-refractivity contribution in [2.24, 2.45) is 0 Å². The molecule has 0 amide bonds. The summed E-state index contributed by atoms with van der Waals surface area (Å²) in [5.41, 5.74) is 4.64. The number of halogens is 1. The minimum atomic E-state index is -0.261. The molecule has 1 aliphatic rings. The zero-order valence-electron chi connectivity index (χ0n) is 17.8. The lowest BCUT2D eigenvalue weighted by Gasteiger charge is -2.13. The van der Waals surface area contributed by atoms with Crippen molar-refractivity contribution in [3.63, 3.8) is 0 Å². The first-order valence-electron chi connectivity index (χ1n) is 10.7. The summed E-state index contributed by atoms with van der Waals surface area (Å²) in [5.74, 6) is 0.719. The topological polar surface area (TPSA) is 40.5 Å². The molecule has 4 rings (SSSR count). The van der Waals surface area contributed by atoms with E-state index in [1.165, 1.54) is 13.2 Å². The summed E-state index contributed by atoms with van der Waals surface area (Å²) in [6, 6.07) is 11.2. The molecule has 4 nitrogen and oxygen atoms in total. The third-order valence-corrected chi connectivity index (χ3v) is 5.76. The highest BCUT2D eigenvalue weighted by atomic mass is 19.1. The van der Waals surface area contributed by atoms with Gasteiger partial charge in [0.1, 0.15) is 11.6 Å². The fourth-order valence-corrected chi connectivity index (χ4v) is 4.01. The zero-order valence-corrected chi connectivity index (χ0v) is 17.8. The number of esters is 1. The van der Waals surface area contributed by atoms with Gasteiger partial charge in [-0.15, -0.1) is 0 Å². The number of rotatable bonds is 8. The Kier molecular flexibility index (Phi) is 5.80. The monoisotopic (exact) mass is 409 g/mol. The fourth-order valence-electron chi connectivity index (χ4n) is 4.01. The Morgan fingerprint density at radius 3 is 2.67 bits per heavy atom. The predicted octanol–water partition coefficient (Wildman–Crippen LogP) is 5.85. The summed E-state index contributed by atoms with van der Waals surface area (Å²) < 4.78 is 27.0. The summed E-state index contributed by atoms with van der Waals surface area (Å²) in [6.07, 6.45) is 4.46. The van der Waals surface area contributed by atoms with Crippen molar-refractivity contribution in [3.8, 4) is 11.4 Å². The van der Waals surface area contributed by atoms with Gasteiger partial charge in [-0.1, -0.05) is 13.3 Å². The average Bonchev–Trinajstić information content (AvgIpc) is 3.53. The van der Waals surface area contributed by atoms with Gasteiger partial charge >= 0.3 is 5.97 Å². The number of unbranched alkanes of at least 4 members (excludes halogenated alkanes) is 1. The predicted molar refractivity (Wildman–Crippen MR) is 116 cm³/mol. The van der Waals surface area contributed by atoms with Crippen LogP contribution in [0.25, 0.3) is 16.6 Å². The van der Waals surface area contributed by atoms with Crippen LogP contribution < -0.4 is 4.74 Å². The third-order valence-electron chi connectivity index (χ3n) is 5.76. The number of nitrogens with zero attached hydrogens (tertiary/aromatic N) is 1. The standard InChI is InChI=1S/C25H28FNO3/c1-4-5-12-30-19-9-11-23-20(14-19)21(15-24(28)29-3)25(17-6-7-17)27(23)18-8-10-22(26)16(2)13-18/h8-11,13-14,17H,4-7,12,15H2,1-3H3. The van der Waals surface area contributed by atoms with Crippen LogP contribution in [-0.4, -0.2) is 24.3 Å². The SMILES string of the molecule is CCCCOc1ccc2c(c1)c(CC(=O)OC)c(C1CC1)n2-c1ccc(F)c(C)c1. The Morgan fingerprint density at radius 1 is 1.20 bits per heavy atom. The van der Waals surface area contributed by atoms with Crippen LogP contribution in [0.3, 0.4) is 0 Å². The highest BCUT2D eigenvalue weighted by Gasteiger charge is 2.33. The van der Waals surface area contributed by atoms with Gasteiger partial charge in [-0.05, 0) is 79.6 Å². The number of aryl methyl sites for hydroxylation is 1. The van der Waals surface area contributed by atoms with Crippen LogP contribution in [0, 0.1) is 12.7 Å². The van der Waals surface area contributed by atoms with Gasteiger partial charge < -0.3 is 14.0 Å². The van der Waals surface area contributed by atoms with Crippen molar-refractivity contribution in [3.05, 3.63) is 59.0 Å².